The summed E-state index contributed by atoms with van der Waals surface area (Å²) in [6, 6.07) is 1.60. The van der Waals surface area contributed by atoms with E-state index in [2.05, 4.69) is 20.8 Å². The smallest absolute Gasteiger partial charge is 0.272 e. The lowest BCUT2D eigenvalue weighted by molar-refractivity contribution is -0.117. The van der Waals surface area contributed by atoms with Crippen molar-refractivity contribution < 1.29 is 9.59 Å². The molecule has 128 valence electrons. The lowest BCUT2D eigenvalue weighted by Gasteiger charge is -2.04. The number of nitrogens with zero attached hydrogens (tertiary/aromatic N) is 4. The summed E-state index contributed by atoms with van der Waals surface area (Å²) >= 11 is 0. The van der Waals surface area contributed by atoms with Crippen molar-refractivity contribution in [1.82, 2.24) is 24.9 Å². The fourth-order valence-corrected chi connectivity index (χ4v) is 2.60. The van der Waals surface area contributed by atoms with Crippen LogP contribution in [0.25, 0.3) is 0 Å². The lowest BCUT2D eigenvalue weighted by Crippen LogP contribution is -2.24. The van der Waals surface area contributed by atoms with Crippen LogP contribution in [0.1, 0.15) is 40.3 Å². The topological polar surface area (TPSA) is 93.8 Å². The largest absolute Gasteiger partial charge is 0.346 e. The molecular formula is C16H22N6O2. The number of carbonyl (C=O) groups excluding carboxylic acids is 2. The predicted octanol–water partition coefficient (Wildman–Crippen LogP) is 1.05. The van der Waals surface area contributed by atoms with Crippen LogP contribution in [-0.2, 0) is 25.4 Å². The van der Waals surface area contributed by atoms with Crippen LogP contribution in [0.5, 0.6) is 0 Å². The molecule has 8 heteroatoms. The maximum atomic E-state index is 12.3. The van der Waals surface area contributed by atoms with Crippen molar-refractivity contribution in [3.63, 3.8) is 0 Å². The highest BCUT2D eigenvalue weighted by molar-refractivity contribution is 5.96. The number of rotatable bonds is 5. The third-order valence-corrected chi connectivity index (χ3v) is 4.40. The van der Waals surface area contributed by atoms with Gasteiger partial charge in [-0.2, -0.15) is 10.2 Å². The number of carbonyl (C=O) groups is 2. The Labute approximate surface area is 140 Å². The molecule has 1 aliphatic carbocycles. The van der Waals surface area contributed by atoms with Gasteiger partial charge in [-0.05, 0) is 26.7 Å². The molecule has 24 heavy (non-hydrogen) atoms. The monoisotopic (exact) mass is 330 g/mol. The molecule has 8 nitrogen and oxygen atoms in total. The molecule has 0 saturated heterocycles. The van der Waals surface area contributed by atoms with Gasteiger partial charge in [0.1, 0.15) is 5.82 Å². The van der Waals surface area contributed by atoms with Gasteiger partial charge in [-0.1, -0.05) is 0 Å². The molecule has 2 aromatic heterocycles. The highest BCUT2D eigenvalue weighted by Crippen LogP contribution is 2.30. The van der Waals surface area contributed by atoms with Gasteiger partial charge >= 0.3 is 0 Å². The van der Waals surface area contributed by atoms with Crippen molar-refractivity contribution in [2.45, 2.75) is 33.2 Å². The van der Waals surface area contributed by atoms with Gasteiger partial charge in [-0.3, -0.25) is 19.0 Å². The Morgan fingerprint density at radius 1 is 1.21 bits per heavy atom. The summed E-state index contributed by atoms with van der Waals surface area (Å²) in [5.74, 6) is 0.353. The molecule has 0 spiro atoms. The standard InChI is InChI=1S/C16H22N6O2/c1-9-12(10(2)21(3)19-9)8-17-16(24)13-7-14(22(4)20-13)18-15(23)11-5-6-11/h7,11H,5-6,8H2,1-4H3,(H,17,24)(H,18,23). The Morgan fingerprint density at radius 2 is 1.92 bits per heavy atom. The molecule has 1 fully saturated rings. The lowest BCUT2D eigenvalue weighted by atomic mass is 10.2. The SMILES string of the molecule is Cc1nn(C)c(C)c1CNC(=O)c1cc(NC(=O)C2CC2)n(C)n1. The minimum absolute atomic E-state index is 0.00781. The summed E-state index contributed by atoms with van der Waals surface area (Å²) in [5.41, 5.74) is 3.20. The van der Waals surface area contributed by atoms with Crippen LogP contribution in [0.2, 0.25) is 0 Å². The number of amides is 2. The zero-order valence-corrected chi connectivity index (χ0v) is 14.4. The van der Waals surface area contributed by atoms with E-state index in [-0.39, 0.29) is 23.4 Å². The molecular weight excluding hydrogens is 308 g/mol. The van der Waals surface area contributed by atoms with Gasteiger partial charge in [0.25, 0.3) is 5.91 Å². The molecule has 1 aliphatic rings. The van der Waals surface area contributed by atoms with Gasteiger partial charge in [0.2, 0.25) is 5.91 Å². The summed E-state index contributed by atoms with van der Waals surface area (Å²) < 4.78 is 3.30. The molecule has 2 heterocycles. The minimum atomic E-state index is -0.278. The van der Waals surface area contributed by atoms with Crippen LogP contribution < -0.4 is 10.6 Å². The van der Waals surface area contributed by atoms with Crippen molar-refractivity contribution in [1.29, 1.82) is 0 Å². The molecule has 0 aromatic carbocycles. The second-order valence-electron chi connectivity index (χ2n) is 6.26. The van der Waals surface area contributed by atoms with Gasteiger partial charge in [0.05, 0.1) is 5.69 Å². The highest BCUT2D eigenvalue weighted by Gasteiger charge is 2.30. The van der Waals surface area contributed by atoms with Crippen LogP contribution in [0.3, 0.4) is 0 Å². The summed E-state index contributed by atoms with van der Waals surface area (Å²) in [4.78, 5) is 24.2. The maximum absolute atomic E-state index is 12.3. The number of aryl methyl sites for hydroxylation is 3. The van der Waals surface area contributed by atoms with E-state index in [0.717, 1.165) is 29.8 Å². The van der Waals surface area contributed by atoms with E-state index in [4.69, 9.17) is 0 Å². The number of hydrogen-bond acceptors (Lipinski definition) is 4. The van der Waals surface area contributed by atoms with Crippen LogP contribution in [-0.4, -0.2) is 31.4 Å². The summed E-state index contributed by atoms with van der Waals surface area (Å²) in [6.07, 6.45) is 1.86. The number of aromatic nitrogens is 4. The Hall–Kier alpha value is -2.64. The van der Waals surface area contributed by atoms with E-state index in [9.17, 15) is 9.59 Å². The molecule has 0 aliphatic heterocycles. The van der Waals surface area contributed by atoms with E-state index < -0.39 is 0 Å². The van der Waals surface area contributed by atoms with Crippen molar-refractivity contribution >= 4 is 17.6 Å². The molecule has 2 aromatic rings. The van der Waals surface area contributed by atoms with E-state index >= 15 is 0 Å². The van der Waals surface area contributed by atoms with E-state index in [1.54, 1.807) is 17.8 Å². The maximum Gasteiger partial charge on any atom is 0.272 e. The van der Waals surface area contributed by atoms with Gasteiger partial charge < -0.3 is 10.6 Å². The van der Waals surface area contributed by atoms with Crippen molar-refractivity contribution in [2.75, 3.05) is 5.32 Å². The van der Waals surface area contributed by atoms with Gasteiger partial charge in [-0.25, -0.2) is 0 Å². The number of anilines is 1. The molecule has 0 atom stereocenters. The Morgan fingerprint density at radius 3 is 2.50 bits per heavy atom. The fourth-order valence-electron chi connectivity index (χ4n) is 2.60. The van der Waals surface area contributed by atoms with Crippen molar-refractivity contribution in [3.8, 4) is 0 Å². The molecule has 3 rings (SSSR count). The first kappa shape index (κ1) is 16.2. The normalized spacial score (nSPS) is 13.8. The number of hydrogen-bond donors (Lipinski definition) is 2. The third-order valence-electron chi connectivity index (χ3n) is 4.40. The predicted molar refractivity (Wildman–Crippen MR) is 88.4 cm³/mol. The summed E-state index contributed by atoms with van der Waals surface area (Å²) in [5, 5.41) is 14.2. The molecule has 1 saturated carbocycles. The quantitative estimate of drug-likeness (QED) is 0.857. The zero-order valence-electron chi connectivity index (χ0n) is 14.4. The first-order valence-corrected chi connectivity index (χ1v) is 7.99. The molecule has 0 bridgehead atoms. The summed E-state index contributed by atoms with van der Waals surface area (Å²) in [6.45, 7) is 4.28. The molecule has 2 amide bonds. The van der Waals surface area contributed by atoms with Crippen LogP contribution in [0, 0.1) is 19.8 Å². The average molecular weight is 330 g/mol. The van der Waals surface area contributed by atoms with Gasteiger partial charge in [0, 0.05) is 43.9 Å². The Kier molecular flexibility index (Phi) is 4.13. The highest BCUT2D eigenvalue weighted by atomic mass is 16.2. The zero-order chi connectivity index (χ0) is 17.4. The van der Waals surface area contributed by atoms with E-state index in [0.29, 0.717) is 12.4 Å². The fraction of sp³-hybridized carbons (Fsp3) is 0.500. The van der Waals surface area contributed by atoms with Crippen LogP contribution in [0.4, 0.5) is 5.82 Å². The molecule has 0 unspecified atom stereocenters. The molecule has 2 N–H and O–H groups in total. The Bertz CT molecular complexity index is 800. The van der Waals surface area contributed by atoms with E-state index in [1.165, 1.54) is 4.68 Å². The second kappa shape index (κ2) is 6.10. The van der Waals surface area contributed by atoms with E-state index in [1.807, 2.05) is 20.9 Å². The van der Waals surface area contributed by atoms with Crippen LogP contribution in [0.15, 0.2) is 6.07 Å². The minimum Gasteiger partial charge on any atom is -0.346 e. The van der Waals surface area contributed by atoms with Gasteiger partial charge in [0.15, 0.2) is 5.69 Å². The van der Waals surface area contributed by atoms with Crippen molar-refractivity contribution in [3.05, 3.63) is 28.7 Å². The van der Waals surface area contributed by atoms with Crippen LogP contribution >= 0.6 is 0 Å². The van der Waals surface area contributed by atoms with Gasteiger partial charge in [-0.15, -0.1) is 0 Å². The Balaban J connectivity index is 1.65. The number of nitrogens with one attached hydrogen (secondary N) is 2. The summed E-state index contributed by atoms with van der Waals surface area (Å²) in [7, 11) is 3.58. The second-order valence-corrected chi connectivity index (χ2v) is 6.26. The van der Waals surface area contributed by atoms with Crippen molar-refractivity contribution in [2.24, 2.45) is 20.0 Å². The first-order valence-electron chi connectivity index (χ1n) is 7.99. The first-order chi connectivity index (χ1) is 11.4. The third kappa shape index (κ3) is 3.17. The molecule has 0 radical (unpaired) electrons. The average Bonchev–Trinajstić information content (AvgIpc) is 3.27.